The number of halogens is 1. The molecule has 0 bridgehead atoms. The molecule has 0 atom stereocenters. The SMILES string of the molecule is CCn1cc(Br)cc1C(=O)N1CCC(NC(C)=O)CC1. The van der Waals surface area contributed by atoms with Gasteiger partial charge in [-0.1, -0.05) is 0 Å². The van der Waals surface area contributed by atoms with Gasteiger partial charge in [0.15, 0.2) is 0 Å². The zero-order valence-electron chi connectivity index (χ0n) is 11.9. The molecular weight excluding hydrogens is 322 g/mol. The third-order valence-corrected chi connectivity index (χ3v) is 4.05. The van der Waals surface area contributed by atoms with Crippen molar-refractivity contribution in [3.8, 4) is 0 Å². The molecule has 0 spiro atoms. The number of nitrogens with one attached hydrogen (secondary N) is 1. The molecule has 2 heterocycles. The van der Waals surface area contributed by atoms with Crippen LogP contribution in [0.25, 0.3) is 0 Å². The van der Waals surface area contributed by atoms with Gasteiger partial charge in [0.2, 0.25) is 5.91 Å². The largest absolute Gasteiger partial charge is 0.353 e. The second kappa shape index (κ2) is 6.43. The number of aryl methyl sites for hydroxylation is 1. The highest BCUT2D eigenvalue weighted by atomic mass is 79.9. The number of carbonyl (C=O) groups is 2. The molecule has 5 nitrogen and oxygen atoms in total. The summed E-state index contributed by atoms with van der Waals surface area (Å²) in [5.41, 5.74) is 0.720. The minimum atomic E-state index is -0.00133. The molecule has 2 amide bonds. The lowest BCUT2D eigenvalue weighted by Crippen LogP contribution is -2.46. The van der Waals surface area contributed by atoms with E-state index in [1.54, 1.807) is 0 Å². The van der Waals surface area contributed by atoms with Crippen molar-refractivity contribution < 1.29 is 9.59 Å². The van der Waals surface area contributed by atoms with Crippen molar-refractivity contribution in [3.05, 3.63) is 22.4 Å². The molecule has 0 unspecified atom stereocenters. The number of piperidine rings is 1. The topological polar surface area (TPSA) is 54.3 Å². The van der Waals surface area contributed by atoms with Crippen LogP contribution in [0.4, 0.5) is 0 Å². The molecule has 0 aliphatic carbocycles. The Kier molecular flexibility index (Phi) is 4.86. The van der Waals surface area contributed by atoms with Crippen LogP contribution >= 0.6 is 15.9 Å². The van der Waals surface area contributed by atoms with Gasteiger partial charge in [-0.2, -0.15) is 0 Å². The van der Waals surface area contributed by atoms with Crippen molar-refractivity contribution in [1.29, 1.82) is 0 Å². The number of aromatic nitrogens is 1. The average molecular weight is 342 g/mol. The summed E-state index contributed by atoms with van der Waals surface area (Å²) in [6, 6.07) is 2.06. The summed E-state index contributed by atoms with van der Waals surface area (Å²) in [4.78, 5) is 25.4. The lowest BCUT2D eigenvalue weighted by molar-refractivity contribution is -0.119. The summed E-state index contributed by atoms with van der Waals surface area (Å²) in [5, 5.41) is 2.92. The maximum Gasteiger partial charge on any atom is 0.270 e. The van der Waals surface area contributed by atoms with Gasteiger partial charge in [0.1, 0.15) is 5.69 Å². The Hall–Kier alpha value is -1.30. The Morgan fingerprint density at radius 3 is 2.60 bits per heavy atom. The molecule has 1 N–H and O–H groups in total. The molecular formula is C14H20BrN3O2. The maximum absolute atomic E-state index is 12.5. The minimum Gasteiger partial charge on any atom is -0.353 e. The van der Waals surface area contributed by atoms with E-state index in [1.165, 1.54) is 6.92 Å². The molecule has 0 aromatic carbocycles. The number of hydrogen-bond donors (Lipinski definition) is 1. The fourth-order valence-electron chi connectivity index (χ4n) is 2.59. The molecule has 1 aromatic rings. The molecule has 2 rings (SSSR count). The summed E-state index contributed by atoms with van der Waals surface area (Å²) in [6.45, 7) is 5.71. The van der Waals surface area contributed by atoms with E-state index in [-0.39, 0.29) is 17.9 Å². The molecule has 1 saturated heterocycles. The van der Waals surface area contributed by atoms with Crippen molar-refractivity contribution in [2.24, 2.45) is 0 Å². The van der Waals surface area contributed by atoms with Crippen LogP contribution in [0, 0.1) is 0 Å². The molecule has 6 heteroatoms. The van der Waals surface area contributed by atoms with E-state index >= 15 is 0 Å². The number of nitrogens with zero attached hydrogens (tertiary/aromatic N) is 2. The van der Waals surface area contributed by atoms with E-state index in [0.29, 0.717) is 13.1 Å². The van der Waals surface area contributed by atoms with E-state index in [2.05, 4.69) is 21.2 Å². The van der Waals surface area contributed by atoms with Crippen LogP contribution in [-0.2, 0) is 11.3 Å². The predicted molar refractivity (Wildman–Crippen MR) is 80.5 cm³/mol. The summed E-state index contributed by atoms with van der Waals surface area (Å²) in [5.74, 6) is 0.0670. The third-order valence-electron chi connectivity index (χ3n) is 3.61. The highest BCUT2D eigenvalue weighted by Crippen LogP contribution is 2.19. The van der Waals surface area contributed by atoms with Gasteiger partial charge in [0, 0.05) is 43.3 Å². The van der Waals surface area contributed by atoms with Gasteiger partial charge in [-0.25, -0.2) is 0 Å². The molecule has 1 aliphatic rings. The third kappa shape index (κ3) is 3.42. The van der Waals surface area contributed by atoms with Gasteiger partial charge in [-0.15, -0.1) is 0 Å². The Labute approximate surface area is 127 Å². The molecule has 0 radical (unpaired) electrons. The van der Waals surface area contributed by atoms with Crippen LogP contribution in [0.2, 0.25) is 0 Å². The number of amides is 2. The number of hydrogen-bond acceptors (Lipinski definition) is 2. The Balaban J connectivity index is 1.99. The van der Waals surface area contributed by atoms with Crippen molar-refractivity contribution >= 4 is 27.7 Å². The van der Waals surface area contributed by atoms with Crippen LogP contribution in [0.15, 0.2) is 16.7 Å². The second-order valence-electron chi connectivity index (χ2n) is 5.10. The highest BCUT2D eigenvalue weighted by Gasteiger charge is 2.25. The molecule has 20 heavy (non-hydrogen) atoms. The van der Waals surface area contributed by atoms with Gasteiger partial charge < -0.3 is 14.8 Å². The minimum absolute atomic E-state index is 0.00133. The first-order valence-electron chi connectivity index (χ1n) is 6.93. The Bertz CT molecular complexity index is 505. The van der Waals surface area contributed by atoms with Gasteiger partial charge in [-0.05, 0) is 41.8 Å². The van der Waals surface area contributed by atoms with Crippen LogP contribution in [0.3, 0.4) is 0 Å². The van der Waals surface area contributed by atoms with Gasteiger partial charge in [-0.3, -0.25) is 9.59 Å². The summed E-state index contributed by atoms with van der Waals surface area (Å²) < 4.78 is 2.88. The Morgan fingerprint density at radius 2 is 2.05 bits per heavy atom. The first-order valence-corrected chi connectivity index (χ1v) is 7.72. The highest BCUT2D eigenvalue weighted by molar-refractivity contribution is 9.10. The smallest absolute Gasteiger partial charge is 0.270 e. The fourth-order valence-corrected chi connectivity index (χ4v) is 3.06. The standard InChI is InChI=1S/C14H20BrN3O2/c1-3-17-9-11(15)8-13(17)14(20)18-6-4-12(5-7-18)16-10(2)19/h8-9,12H,3-7H2,1-2H3,(H,16,19). The predicted octanol–water partition coefficient (Wildman–Crippen LogP) is 2.01. The maximum atomic E-state index is 12.5. The number of likely N-dealkylation sites (tertiary alicyclic amines) is 1. The number of carbonyl (C=O) groups excluding carboxylic acids is 2. The zero-order chi connectivity index (χ0) is 14.7. The quantitative estimate of drug-likeness (QED) is 0.914. The van der Waals surface area contributed by atoms with Gasteiger partial charge in [0.25, 0.3) is 5.91 Å². The second-order valence-corrected chi connectivity index (χ2v) is 6.01. The summed E-state index contributed by atoms with van der Waals surface area (Å²) in [6.07, 6.45) is 3.57. The average Bonchev–Trinajstić information content (AvgIpc) is 2.79. The molecule has 1 fully saturated rings. The van der Waals surface area contributed by atoms with E-state index in [9.17, 15) is 9.59 Å². The van der Waals surface area contributed by atoms with Crippen molar-refractivity contribution in [3.63, 3.8) is 0 Å². The summed E-state index contributed by atoms with van der Waals surface area (Å²) >= 11 is 3.41. The number of rotatable bonds is 3. The van der Waals surface area contributed by atoms with E-state index in [0.717, 1.165) is 29.6 Å². The lowest BCUT2D eigenvalue weighted by atomic mass is 10.0. The van der Waals surface area contributed by atoms with E-state index in [1.807, 2.05) is 28.7 Å². The molecule has 0 saturated carbocycles. The lowest BCUT2D eigenvalue weighted by Gasteiger charge is -2.32. The van der Waals surface area contributed by atoms with E-state index in [4.69, 9.17) is 0 Å². The van der Waals surface area contributed by atoms with Gasteiger partial charge in [0.05, 0.1) is 0 Å². The zero-order valence-corrected chi connectivity index (χ0v) is 13.4. The Morgan fingerprint density at radius 1 is 1.40 bits per heavy atom. The fraction of sp³-hybridized carbons (Fsp3) is 0.571. The summed E-state index contributed by atoms with van der Waals surface area (Å²) in [7, 11) is 0. The first-order chi connectivity index (χ1) is 9.51. The molecule has 1 aliphatic heterocycles. The molecule has 1 aromatic heterocycles. The van der Waals surface area contributed by atoms with E-state index < -0.39 is 0 Å². The monoisotopic (exact) mass is 341 g/mol. The van der Waals surface area contributed by atoms with Gasteiger partial charge >= 0.3 is 0 Å². The van der Waals surface area contributed by atoms with Crippen LogP contribution in [0.5, 0.6) is 0 Å². The molecule has 110 valence electrons. The van der Waals surface area contributed by atoms with Crippen molar-refractivity contribution in [1.82, 2.24) is 14.8 Å². The van der Waals surface area contributed by atoms with Crippen LogP contribution in [0.1, 0.15) is 37.2 Å². The first kappa shape index (κ1) is 15.1. The van der Waals surface area contributed by atoms with Crippen LogP contribution < -0.4 is 5.32 Å². The van der Waals surface area contributed by atoms with Crippen LogP contribution in [-0.4, -0.2) is 40.4 Å². The normalized spacial score (nSPS) is 16.2. The van der Waals surface area contributed by atoms with Crippen molar-refractivity contribution in [2.75, 3.05) is 13.1 Å². The van der Waals surface area contributed by atoms with Crippen molar-refractivity contribution in [2.45, 2.75) is 39.3 Å².